The number of carbonyl (C=O) groups is 1. The molecular weight excluding hydrogens is 429 g/mol. The van der Waals surface area contributed by atoms with Crippen LogP contribution in [-0.2, 0) is 4.79 Å². The highest BCUT2D eigenvalue weighted by Crippen LogP contribution is 2.38. The van der Waals surface area contributed by atoms with E-state index < -0.39 is 23.4 Å². The summed E-state index contributed by atoms with van der Waals surface area (Å²) in [6.45, 7) is 3.87. The Morgan fingerprint density at radius 3 is 2.50 bits per heavy atom. The molecule has 3 aromatic carbocycles. The van der Waals surface area contributed by atoms with E-state index in [1.165, 1.54) is 12.1 Å². The summed E-state index contributed by atoms with van der Waals surface area (Å²) in [5, 5.41) is 22.1. The van der Waals surface area contributed by atoms with Crippen molar-refractivity contribution >= 4 is 11.6 Å². The van der Waals surface area contributed by atoms with Gasteiger partial charge in [0.15, 0.2) is 11.6 Å². The lowest BCUT2D eigenvalue weighted by Gasteiger charge is -2.33. The van der Waals surface area contributed by atoms with Gasteiger partial charge in [0.1, 0.15) is 6.17 Å². The third kappa shape index (κ3) is 4.55. The number of hydrogen-bond donors (Lipinski definition) is 2. The molecule has 34 heavy (non-hydrogen) atoms. The number of phenols is 1. The van der Waals surface area contributed by atoms with Gasteiger partial charge >= 0.3 is 0 Å². The van der Waals surface area contributed by atoms with Crippen molar-refractivity contribution in [2.75, 3.05) is 0 Å². The van der Waals surface area contributed by atoms with Crippen LogP contribution >= 0.6 is 0 Å². The third-order valence-electron chi connectivity index (χ3n) is 6.15. The van der Waals surface area contributed by atoms with E-state index in [4.69, 9.17) is 4.99 Å². The van der Waals surface area contributed by atoms with Gasteiger partial charge in [-0.1, -0.05) is 61.9 Å². The van der Waals surface area contributed by atoms with E-state index in [0.717, 1.165) is 28.8 Å². The number of nitrogens with one attached hydrogen (secondary N) is 1. The van der Waals surface area contributed by atoms with Crippen molar-refractivity contribution in [1.82, 2.24) is 5.32 Å². The van der Waals surface area contributed by atoms with Gasteiger partial charge in [-0.15, -0.1) is 0 Å². The number of nitrogens with zero attached hydrogens (tertiary/aromatic N) is 2. The van der Waals surface area contributed by atoms with E-state index in [2.05, 4.69) is 11.4 Å². The molecule has 1 aliphatic rings. The Labute approximate surface area is 198 Å². The lowest BCUT2D eigenvalue weighted by molar-refractivity contribution is -0.124. The van der Waals surface area contributed by atoms with Gasteiger partial charge in [0.25, 0.3) is 0 Å². The SMILES string of the molecule is CCCC1=NC(C)NC(=O)C1[C@@H](c1ccc(-c2ccccc2C#N)cc1)c1ccc(O)c(F)c1. The van der Waals surface area contributed by atoms with Gasteiger partial charge in [-0.25, -0.2) is 4.39 Å². The maximum Gasteiger partial charge on any atom is 0.231 e. The molecule has 4 rings (SSSR count). The molecular formula is C28H26FN3O2. The zero-order valence-corrected chi connectivity index (χ0v) is 19.1. The highest BCUT2D eigenvalue weighted by atomic mass is 19.1. The molecule has 0 radical (unpaired) electrons. The molecule has 0 spiro atoms. The van der Waals surface area contributed by atoms with Gasteiger partial charge in [-0.2, -0.15) is 5.26 Å². The maximum atomic E-state index is 14.4. The van der Waals surface area contributed by atoms with Crippen molar-refractivity contribution in [3.05, 3.63) is 89.2 Å². The predicted molar refractivity (Wildman–Crippen MR) is 130 cm³/mol. The van der Waals surface area contributed by atoms with Crippen LogP contribution in [0.2, 0.25) is 0 Å². The van der Waals surface area contributed by atoms with Gasteiger partial charge in [0, 0.05) is 11.6 Å². The van der Waals surface area contributed by atoms with Crippen molar-refractivity contribution in [1.29, 1.82) is 5.26 Å². The van der Waals surface area contributed by atoms with Crippen molar-refractivity contribution in [3.63, 3.8) is 0 Å². The van der Waals surface area contributed by atoms with E-state index >= 15 is 0 Å². The largest absolute Gasteiger partial charge is 0.505 e. The third-order valence-corrected chi connectivity index (χ3v) is 6.15. The average Bonchev–Trinajstić information content (AvgIpc) is 2.83. The van der Waals surface area contributed by atoms with Crippen LogP contribution in [0.25, 0.3) is 11.1 Å². The average molecular weight is 456 g/mol. The van der Waals surface area contributed by atoms with Crippen molar-refractivity contribution in [3.8, 4) is 22.9 Å². The summed E-state index contributed by atoms with van der Waals surface area (Å²) in [6.07, 6.45) is 1.18. The zero-order valence-electron chi connectivity index (χ0n) is 19.1. The minimum Gasteiger partial charge on any atom is -0.505 e. The number of hydrogen-bond acceptors (Lipinski definition) is 4. The Balaban J connectivity index is 1.83. The number of nitriles is 1. The molecule has 0 saturated heterocycles. The highest BCUT2D eigenvalue weighted by molar-refractivity contribution is 6.07. The minimum absolute atomic E-state index is 0.150. The van der Waals surface area contributed by atoms with Crippen molar-refractivity contribution < 1.29 is 14.3 Å². The molecule has 0 saturated carbocycles. The Bertz CT molecular complexity index is 1280. The smallest absolute Gasteiger partial charge is 0.231 e. The molecule has 0 aliphatic carbocycles. The Morgan fingerprint density at radius 1 is 1.12 bits per heavy atom. The van der Waals surface area contributed by atoms with Gasteiger partial charge in [-0.3, -0.25) is 9.79 Å². The topological polar surface area (TPSA) is 85.5 Å². The van der Waals surface area contributed by atoms with Gasteiger partial charge in [-0.05, 0) is 53.8 Å². The first-order chi connectivity index (χ1) is 16.4. The lowest BCUT2D eigenvalue weighted by Crippen LogP contribution is -2.47. The molecule has 1 heterocycles. The first kappa shape index (κ1) is 23.2. The molecule has 0 aromatic heterocycles. The summed E-state index contributed by atoms with van der Waals surface area (Å²) >= 11 is 0. The van der Waals surface area contributed by atoms with Crippen LogP contribution in [0.15, 0.2) is 71.7 Å². The monoisotopic (exact) mass is 455 g/mol. The molecule has 6 heteroatoms. The molecule has 5 nitrogen and oxygen atoms in total. The fourth-order valence-corrected chi connectivity index (χ4v) is 4.62. The van der Waals surface area contributed by atoms with Gasteiger partial charge < -0.3 is 10.4 Å². The van der Waals surface area contributed by atoms with Gasteiger partial charge in [0.05, 0.1) is 17.6 Å². The number of amides is 1. The first-order valence-electron chi connectivity index (χ1n) is 11.4. The van der Waals surface area contributed by atoms with Crippen LogP contribution in [0.3, 0.4) is 0 Å². The predicted octanol–water partition coefficient (Wildman–Crippen LogP) is 5.53. The summed E-state index contributed by atoms with van der Waals surface area (Å²) in [6, 6.07) is 21.5. The van der Waals surface area contributed by atoms with Crippen LogP contribution in [0.5, 0.6) is 5.75 Å². The Hall–Kier alpha value is -3.98. The number of aliphatic imine (C=N–C) groups is 1. The molecule has 2 unspecified atom stereocenters. The highest BCUT2D eigenvalue weighted by Gasteiger charge is 2.38. The maximum absolute atomic E-state index is 14.4. The second-order valence-corrected chi connectivity index (χ2v) is 8.50. The second-order valence-electron chi connectivity index (χ2n) is 8.50. The molecule has 1 aliphatic heterocycles. The summed E-state index contributed by atoms with van der Waals surface area (Å²) in [7, 11) is 0. The van der Waals surface area contributed by atoms with Crippen LogP contribution in [0, 0.1) is 23.1 Å². The summed E-state index contributed by atoms with van der Waals surface area (Å²) in [5.41, 5.74) is 4.46. The van der Waals surface area contributed by atoms with Crippen LogP contribution in [0.1, 0.15) is 49.3 Å². The van der Waals surface area contributed by atoms with Crippen molar-refractivity contribution in [2.24, 2.45) is 10.9 Å². The molecule has 0 fully saturated rings. The zero-order chi connectivity index (χ0) is 24.2. The Morgan fingerprint density at radius 2 is 1.82 bits per heavy atom. The number of phenolic OH excluding ortho intramolecular Hbond substituents is 1. The molecule has 0 bridgehead atoms. The second kappa shape index (κ2) is 9.88. The molecule has 3 aromatic rings. The Kier molecular flexibility index (Phi) is 6.74. The van der Waals surface area contributed by atoms with E-state index in [0.29, 0.717) is 17.5 Å². The van der Waals surface area contributed by atoms with Crippen LogP contribution in [0.4, 0.5) is 4.39 Å². The number of halogens is 1. The fraction of sp³-hybridized carbons (Fsp3) is 0.250. The van der Waals surface area contributed by atoms with Gasteiger partial charge in [0.2, 0.25) is 5.91 Å². The summed E-state index contributed by atoms with van der Waals surface area (Å²) in [5.74, 6) is -2.41. The number of aromatic hydroxyl groups is 1. The first-order valence-corrected chi connectivity index (χ1v) is 11.4. The summed E-state index contributed by atoms with van der Waals surface area (Å²) in [4.78, 5) is 17.9. The standard InChI is InChI=1S/C28H26FN3O2/c1-3-6-24-27(28(34)32-17(2)31-24)26(20-13-14-25(33)23(29)15-20)19-11-9-18(10-12-19)22-8-5-4-7-21(22)16-30/h4-5,7-15,17,26-27,33H,3,6H2,1-2H3,(H,32,34)/t17?,26-,27?/m0/s1. The van der Waals surface area contributed by atoms with E-state index in [1.807, 2.05) is 56.3 Å². The quantitative estimate of drug-likeness (QED) is 0.512. The number of rotatable bonds is 6. The molecule has 1 amide bonds. The fourth-order valence-electron chi connectivity index (χ4n) is 4.62. The lowest BCUT2D eigenvalue weighted by atomic mass is 9.75. The van der Waals surface area contributed by atoms with Crippen LogP contribution < -0.4 is 5.32 Å². The normalized spacial score (nSPS) is 18.5. The number of carbonyl (C=O) groups excluding carboxylic acids is 1. The van der Waals surface area contributed by atoms with E-state index in [1.54, 1.807) is 12.1 Å². The number of benzene rings is 3. The van der Waals surface area contributed by atoms with Crippen molar-refractivity contribution in [2.45, 2.75) is 38.8 Å². The van der Waals surface area contributed by atoms with E-state index in [9.17, 15) is 19.6 Å². The molecule has 172 valence electrons. The molecule has 3 atom stereocenters. The van der Waals surface area contributed by atoms with E-state index in [-0.39, 0.29) is 12.1 Å². The van der Waals surface area contributed by atoms with Crippen LogP contribution in [-0.4, -0.2) is 22.9 Å². The minimum atomic E-state index is -0.736. The summed E-state index contributed by atoms with van der Waals surface area (Å²) < 4.78 is 14.4. The molecule has 2 N–H and O–H groups in total.